The van der Waals surface area contributed by atoms with Crippen molar-refractivity contribution in [2.45, 2.75) is 51.6 Å². The maximum atomic E-state index is 13.0. The van der Waals surface area contributed by atoms with Gasteiger partial charge in [0.05, 0.1) is 10.9 Å². The fourth-order valence-electron chi connectivity index (χ4n) is 4.31. The molecule has 3 heterocycles. The van der Waals surface area contributed by atoms with E-state index in [1.54, 1.807) is 17.0 Å². The normalized spacial score (nSPS) is 20.5. The molecule has 8 heteroatoms. The van der Waals surface area contributed by atoms with Crippen molar-refractivity contribution in [1.29, 1.82) is 0 Å². The standard InChI is InChI=1S/C24H30N4O3S/c1-15-12-18(5-6-19(15)23(31)27-10-8-24(3,25)9-11-27)28-14-17(13-21(28)29)26-22(30)20-7-4-16(2)32-20/h4-7,12,17H,8-11,13-14,25H2,1-3H3,(H,26,30). The van der Waals surface area contributed by atoms with Gasteiger partial charge in [-0.1, -0.05) is 0 Å². The zero-order valence-corrected chi connectivity index (χ0v) is 19.6. The molecule has 4 rings (SSSR count). The molecule has 2 aliphatic rings. The van der Waals surface area contributed by atoms with Crippen molar-refractivity contribution in [3.05, 3.63) is 51.2 Å². The lowest BCUT2D eigenvalue weighted by atomic mass is 9.90. The predicted octanol–water partition coefficient (Wildman–Crippen LogP) is 2.85. The van der Waals surface area contributed by atoms with Crippen LogP contribution in [-0.4, -0.2) is 53.8 Å². The van der Waals surface area contributed by atoms with Gasteiger partial charge in [0.15, 0.2) is 0 Å². The summed E-state index contributed by atoms with van der Waals surface area (Å²) in [6.07, 6.45) is 1.84. The van der Waals surface area contributed by atoms with Gasteiger partial charge in [0, 0.05) is 47.7 Å². The fraction of sp³-hybridized carbons (Fsp3) is 0.458. The van der Waals surface area contributed by atoms with Crippen molar-refractivity contribution < 1.29 is 14.4 Å². The van der Waals surface area contributed by atoms with Crippen LogP contribution < -0.4 is 16.0 Å². The molecule has 1 aromatic carbocycles. The molecule has 0 bridgehead atoms. The minimum absolute atomic E-state index is 0.00804. The lowest BCUT2D eigenvalue weighted by Gasteiger charge is -2.37. The van der Waals surface area contributed by atoms with Crippen LogP contribution in [0.4, 0.5) is 5.69 Å². The average molecular weight is 455 g/mol. The molecule has 3 amide bonds. The molecule has 2 fully saturated rings. The second-order valence-electron chi connectivity index (χ2n) is 9.23. The highest BCUT2D eigenvalue weighted by molar-refractivity contribution is 7.13. The molecular weight excluding hydrogens is 424 g/mol. The minimum Gasteiger partial charge on any atom is -0.346 e. The van der Waals surface area contributed by atoms with Crippen LogP contribution in [0.2, 0.25) is 0 Å². The number of nitrogens with zero attached hydrogens (tertiary/aromatic N) is 2. The molecule has 1 unspecified atom stereocenters. The molecule has 1 aromatic heterocycles. The van der Waals surface area contributed by atoms with Crippen LogP contribution in [0.25, 0.3) is 0 Å². The fourth-order valence-corrected chi connectivity index (χ4v) is 5.08. The summed E-state index contributed by atoms with van der Waals surface area (Å²) in [6.45, 7) is 7.61. The summed E-state index contributed by atoms with van der Waals surface area (Å²) in [5, 5.41) is 2.97. The molecule has 3 N–H and O–H groups in total. The van der Waals surface area contributed by atoms with Gasteiger partial charge < -0.3 is 20.9 Å². The summed E-state index contributed by atoms with van der Waals surface area (Å²) in [5.74, 6) is -0.168. The number of piperidine rings is 1. The van der Waals surface area contributed by atoms with Crippen molar-refractivity contribution >= 4 is 34.7 Å². The van der Waals surface area contributed by atoms with Gasteiger partial charge in [0.25, 0.3) is 11.8 Å². The highest BCUT2D eigenvalue weighted by Crippen LogP contribution is 2.27. The Hall–Kier alpha value is -2.71. The van der Waals surface area contributed by atoms with Gasteiger partial charge in [-0.3, -0.25) is 14.4 Å². The molecule has 170 valence electrons. The topological polar surface area (TPSA) is 95.7 Å². The van der Waals surface area contributed by atoms with Gasteiger partial charge in [-0.2, -0.15) is 0 Å². The number of rotatable bonds is 4. The smallest absolute Gasteiger partial charge is 0.261 e. The Bertz CT molecular complexity index is 1050. The highest BCUT2D eigenvalue weighted by Gasteiger charge is 2.33. The molecule has 0 spiro atoms. The second kappa shape index (κ2) is 8.67. The first-order valence-corrected chi connectivity index (χ1v) is 11.8. The molecule has 2 saturated heterocycles. The maximum Gasteiger partial charge on any atom is 0.261 e. The zero-order chi connectivity index (χ0) is 23.0. The van der Waals surface area contributed by atoms with Gasteiger partial charge in [-0.05, 0) is 69.5 Å². The predicted molar refractivity (Wildman–Crippen MR) is 126 cm³/mol. The third-order valence-electron chi connectivity index (χ3n) is 6.37. The first kappa shape index (κ1) is 22.5. The molecule has 2 aliphatic heterocycles. The Labute approximate surface area is 192 Å². The van der Waals surface area contributed by atoms with E-state index in [9.17, 15) is 14.4 Å². The van der Waals surface area contributed by atoms with Crippen molar-refractivity contribution in [1.82, 2.24) is 10.2 Å². The lowest BCUT2D eigenvalue weighted by Crippen LogP contribution is -2.49. The number of carbonyl (C=O) groups is 3. The summed E-state index contributed by atoms with van der Waals surface area (Å²) in [6, 6.07) is 8.99. The van der Waals surface area contributed by atoms with Crippen LogP contribution in [0.3, 0.4) is 0 Å². The Morgan fingerprint density at radius 3 is 2.50 bits per heavy atom. The number of thiophene rings is 1. The monoisotopic (exact) mass is 454 g/mol. The number of hydrogen-bond acceptors (Lipinski definition) is 5. The molecule has 0 radical (unpaired) electrons. The minimum atomic E-state index is -0.238. The highest BCUT2D eigenvalue weighted by atomic mass is 32.1. The van der Waals surface area contributed by atoms with E-state index >= 15 is 0 Å². The summed E-state index contributed by atoms with van der Waals surface area (Å²) < 4.78 is 0. The molecule has 2 aromatic rings. The van der Waals surface area contributed by atoms with Crippen LogP contribution in [0, 0.1) is 13.8 Å². The van der Waals surface area contributed by atoms with E-state index in [0.29, 0.717) is 30.1 Å². The number of aryl methyl sites for hydroxylation is 2. The van der Waals surface area contributed by atoms with Gasteiger partial charge in [-0.25, -0.2) is 0 Å². The number of nitrogens with one attached hydrogen (secondary N) is 1. The van der Waals surface area contributed by atoms with Gasteiger partial charge in [0.2, 0.25) is 5.91 Å². The number of anilines is 1. The summed E-state index contributed by atoms with van der Waals surface area (Å²) in [7, 11) is 0. The maximum absolute atomic E-state index is 13.0. The van der Waals surface area contributed by atoms with Crippen molar-refractivity contribution in [2.24, 2.45) is 5.73 Å². The van der Waals surface area contributed by atoms with E-state index in [2.05, 4.69) is 5.32 Å². The number of hydrogen-bond donors (Lipinski definition) is 2. The average Bonchev–Trinajstić information content (AvgIpc) is 3.33. The lowest BCUT2D eigenvalue weighted by molar-refractivity contribution is -0.117. The first-order chi connectivity index (χ1) is 15.1. The van der Waals surface area contributed by atoms with E-state index in [-0.39, 0.29) is 35.7 Å². The number of amides is 3. The Balaban J connectivity index is 1.42. The second-order valence-corrected chi connectivity index (χ2v) is 10.5. The summed E-state index contributed by atoms with van der Waals surface area (Å²) in [5.41, 5.74) is 8.22. The number of likely N-dealkylation sites (tertiary alicyclic amines) is 1. The van der Waals surface area contributed by atoms with Crippen LogP contribution in [0.5, 0.6) is 0 Å². The number of nitrogens with two attached hydrogens (primary N) is 1. The third kappa shape index (κ3) is 4.71. The van der Waals surface area contributed by atoms with Crippen LogP contribution in [-0.2, 0) is 4.79 Å². The van der Waals surface area contributed by atoms with E-state index < -0.39 is 0 Å². The Kier molecular flexibility index (Phi) is 6.09. The Morgan fingerprint density at radius 2 is 1.88 bits per heavy atom. The van der Waals surface area contributed by atoms with Crippen molar-refractivity contribution in [3.8, 4) is 0 Å². The quantitative estimate of drug-likeness (QED) is 0.743. The largest absolute Gasteiger partial charge is 0.346 e. The van der Waals surface area contributed by atoms with Crippen molar-refractivity contribution in [2.75, 3.05) is 24.5 Å². The first-order valence-electron chi connectivity index (χ1n) is 11.0. The molecule has 7 nitrogen and oxygen atoms in total. The van der Waals surface area contributed by atoms with Gasteiger partial charge in [0.1, 0.15) is 0 Å². The summed E-state index contributed by atoms with van der Waals surface area (Å²) >= 11 is 1.44. The van der Waals surface area contributed by atoms with E-state index in [0.717, 1.165) is 29.0 Å². The van der Waals surface area contributed by atoms with E-state index in [4.69, 9.17) is 5.73 Å². The van der Waals surface area contributed by atoms with Crippen LogP contribution in [0.15, 0.2) is 30.3 Å². The third-order valence-corrected chi connectivity index (χ3v) is 7.37. The number of carbonyl (C=O) groups excluding carboxylic acids is 3. The Morgan fingerprint density at radius 1 is 1.16 bits per heavy atom. The van der Waals surface area contributed by atoms with Gasteiger partial charge >= 0.3 is 0 Å². The zero-order valence-electron chi connectivity index (χ0n) is 18.8. The number of benzene rings is 1. The van der Waals surface area contributed by atoms with Crippen molar-refractivity contribution in [3.63, 3.8) is 0 Å². The molecular formula is C24H30N4O3S. The van der Waals surface area contributed by atoms with E-state index in [1.165, 1.54) is 11.3 Å². The summed E-state index contributed by atoms with van der Waals surface area (Å²) in [4.78, 5) is 43.4. The molecule has 0 aliphatic carbocycles. The van der Waals surface area contributed by atoms with Crippen LogP contribution >= 0.6 is 11.3 Å². The van der Waals surface area contributed by atoms with Gasteiger partial charge in [-0.15, -0.1) is 11.3 Å². The molecule has 32 heavy (non-hydrogen) atoms. The van der Waals surface area contributed by atoms with Crippen LogP contribution in [0.1, 0.15) is 56.7 Å². The molecule has 0 saturated carbocycles. The van der Waals surface area contributed by atoms with E-state index in [1.807, 2.05) is 43.9 Å². The molecule has 1 atom stereocenters. The SMILES string of the molecule is Cc1ccc(C(=O)NC2CC(=O)N(c3ccc(C(=O)N4CCC(C)(N)CC4)c(C)c3)C2)s1.